The molecule has 0 radical (unpaired) electrons. The van der Waals surface area contributed by atoms with Gasteiger partial charge in [-0.3, -0.25) is 0 Å². The van der Waals surface area contributed by atoms with Crippen molar-refractivity contribution in [3.8, 4) is 11.5 Å². The Balaban J connectivity index is 2.09. The summed E-state index contributed by atoms with van der Waals surface area (Å²) in [7, 11) is 0. The van der Waals surface area contributed by atoms with E-state index in [4.69, 9.17) is 4.42 Å². The van der Waals surface area contributed by atoms with Crippen molar-refractivity contribution in [2.45, 2.75) is 46.2 Å². The quantitative estimate of drug-likeness (QED) is 0.894. The van der Waals surface area contributed by atoms with Crippen LogP contribution in [0.5, 0.6) is 0 Å². The van der Waals surface area contributed by atoms with Crippen molar-refractivity contribution < 1.29 is 4.42 Å². The molecule has 1 aromatic heterocycles. The van der Waals surface area contributed by atoms with Crippen molar-refractivity contribution in [3.63, 3.8) is 0 Å². The molecule has 19 heavy (non-hydrogen) atoms. The smallest absolute Gasteiger partial charge is 0.247 e. The normalized spacial score (nSPS) is 11.5. The molecule has 4 heteroatoms. The highest BCUT2D eigenvalue weighted by atomic mass is 16.4. The SMILES string of the molecule is CC(C)NCc1nnc(-c2ccc(C(C)C)cc2)o1. The Hall–Kier alpha value is -1.68. The summed E-state index contributed by atoms with van der Waals surface area (Å²) in [6.45, 7) is 9.13. The van der Waals surface area contributed by atoms with E-state index in [9.17, 15) is 0 Å². The molecule has 0 fully saturated rings. The van der Waals surface area contributed by atoms with Crippen molar-refractivity contribution in [2.75, 3.05) is 0 Å². The fourth-order valence-electron chi connectivity index (χ4n) is 1.74. The summed E-state index contributed by atoms with van der Waals surface area (Å²) in [6.07, 6.45) is 0. The molecule has 1 heterocycles. The fourth-order valence-corrected chi connectivity index (χ4v) is 1.74. The Morgan fingerprint density at radius 3 is 2.32 bits per heavy atom. The van der Waals surface area contributed by atoms with Gasteiger partial charge in [0.05, 0.1) is 6.54 Å². The Labute approximate surface area is 114 Å². The highest BCUT2D eigenvalue weighted by Gasteiger charge is 2.09. The molecule has 0 unspecified atom stereocenters. The van der Waals surface area contributed by atoms with Gasteiger partial charge in [0, 0.05) is 11.6 Å². The van der Waals surface area contributed by atoms with E-state index in [1.807, 2.05) is 12.1 Å². The van der Waals surface area contributed by atoms with Gasteiger partial charge >= 0.3 is 0 Å². The van der Waals surface area contributed by atoms with Crippen LogP contribution in [0.3, 0.4) is 0 Å². The van der Waals surface area contributed by atoms with E-state index in [0.717, 1.165) is 5.56 Å². The van der Waals surface area contributed by atoms with Gasteiger partial charge in [-0.1, -0.05) is 39.8 Å². The molecule has 0 bridgehead atoms. The summed E-state index contributed by atoms with van der Waals surface area (Å²) in [4.78, 5) is 0. The largest absolute Gasteiger partial charge is 0.419 e. The third-order valence-electron chi connectivity index (χ3n) is 2.95. The molecule has 0 aliphatic rings. The van der Waals surface area contributed by atoms with Crippen LogP contribution in [-0.4, -0.2) is 16.2 Å². The summed E-state index contributed by atoms with van der Waals surface area (Å²) in [5.74, 6) is 1.73. The van der Waals surface area contributed by atoms with Crippen molar-refractivity contribution in [2.24, 2.45) is 0 Å². The van der Waals surface area contributed by atoms with Crippen LogP contribution in [0, 0.1) is 0 Å². The molecule has 1 aromatic carbocycles. The van der Waals surface area contributed by atoms with Crippen molar-refractivity contribution in [1.82, 2.24) is 15.5 Å². The first-order valence-electron chi connectivity index (χ1n) is 6.72. The second-order valence-electron chi connectivity index (χ2n) is 5.31. The minimum Gasteiger partial charge on any atom is -0.419 e. The molecule has 2 aromatic rings. The van der Waals surface area contributed by atoms with Crippen molar-refractivity contribution in [1.29, 1.82) is 0 Å². The monoisotopic (exact) mass is 259 g/mol. The number of nitrogens with one attached hydrogen (secondary N) is 1. The summed E-state index contributed by atoms with van der Waals surface area (Å²) >= 11 is 0. The van der Waals surface area contributed by atoms with E-state index in [1.54, 1.807) is 0 Å². The zero-order valence-electron chi connectivity index (χ0n) is 12.0. The van der Waals surface area contributed by atoms with Crippen molar-refractivity contribution >= 4 is 0 Å². The molecule has 0 aliphatic heterocycles. The summed E-state index contributed by atoms with van der Waals surface area (Å²) in [5.41, 5.74) is 2.28. The Morgan fingerprint density at radius 1 is 1.05 bits per heavy atom. The van der Waals surface area contributed by atoms with Gasteiger partial charge in [0.15, 0.2) is 0 Å². The molecule has 0 amide bonds. The molecule has 0 saturated heterocycles. The van der Waals surface area contributed by atoms with E-state index in [1.165, 1.54) is 5.56 Å². The predicted molar refractivity (Wildman–Crippen MR) is 75.8 cm³/mol. The summed E-state index contributed by atoms with van der Waals surface area (Å²) in [6, 6.07) is 8.68. The van der Waals surface area contributed by atoms with Crippen molar-refractivity contribution in [3.05, 3.63) is 35.7 Å². The van der Waals surface area contributed by atoms with Gasteiger partial charge < -0.3 is 9.73 Å². The third kappa shape index (κ3) is 3.64. The number of rotatable bonds is 5. The average Bonchev–Trinajstić information content (AvgIpc) is 2.85. The molecule has 0 spiro atoms. The molecule has 0 saturated carbocycles. The highest BCUT2D eigenvalue weighted by molar-refractivity contribution is 5.53. The molecule has 4 nitrogen and oxygen atoms in total. The van der Waals surface area contributed by atoms with Gasteiger partial charge in [0.1, 0.15) is 0 Å². The number of hydrogen-bond donors (Lipinski definition) is 1. The molecule has 0 aliphatic carbocycles. The molecular formula is C15H21N3O. The molecule has 102 valence electrons. The number of hydrogen-bond acceptors (Lipinski definition) is 4. The van der Waals surface area contributed by atoms with Gasteiger partial charge in [-0.25, -0.2) is 0 Å². The maximum atomic E-state index is 5.64. The van der Waals surface area contributed by atoms with E-state index >= 15 is 0 Å². The minimum absolute atomic E-state index is 0.403. The molecular weight excluding hydrogens is 238 g/mol. The van der Waals surface area contributed by atoms with Crippen LogP contribution in [0.1, 0.15) is 45.1 Å². The molecule has 1 N–H and O–H groups in total. The lowest BCUT2D eigenvalue weighted by Crippen LogP contribution is -2.21. The van der Waals surface area contributed by atoms with E-state index in [0.29, 0.717) is 30.3 Å². The first-order valence-corrected chi connectivity index (χ1v) is 6.72. The number of nitrogens with zero attached hydrogens (tertiary/aromatic N) is 2. The van der Waals surface area contributed by atoms with Gasteiger partial charge in [-0.2, -0.15) is 0 Å². The highest BCUT2D eigenvalue weighted by Crippen LogP contribution is 2.21. The number of benzene rings is 1. The van der Waals surface area contributed by atoms with Crippen LogP contribution in [0.4, 0.5) is 0 Å². The lowest BCUT2D eigenvalue weighted by Gasteiger charge is -2.05. The van der Waals surface area contributed by atoms with Crippen LogP contribution in [-0.2, 0) is 6.54 Å². The Morgan fingerprint density at radius 2 is 1.74 bits per heavy atom. The van der Waals surface area contributed by atoms with Gasteiger partial charge in [0.2, 0.25) is 11.8 Å². The first-order chi connectivity index (χ1) is 9.06. The maximum absolute atomic E-state index is 5.64. The van der Waals surface area contributed by atoms with Gasteiger partial charge in [-0.05, 0) is 23.6 Å². The predicted octanol–water partition coefficient (Wildman–Crippen LogP) is 3.36. The second-order valence-corrected chi connectivity index (χ2v) is 5.31. The van der Waals surface area contributed by atoms with E-state index in [-0.39, 0.29) is 0 Å². The minimum atomic E-state index is 0.403. The lowest BCUT2D eigenvalue weighted by molar-refractivity contribution is 0.459. The second kappa shape index (κ2) is 5.97. The zero-order valence-corrected chi connectivity index (χ0v) is 12.0. The van der Waals surface area contributed by atoms with Crippen LogP contribution >= 0.6 is 0 Å². The Kier molecular flexibility index (Phi) is 4.32. The standard InChI is InChI=1S/C15H21N3O/c1-10(2)12-5-7-13(8-6-12)15-18-17-14(19-15)9-16-11(3)4/h5-8,10-11,16H,9H2,1-4H3. The van der Waals surface area contributed by atoms with Gasteiger partial charge in [0.25, 0.3) is 0 Å². The fraction of sp³-hybridized carbons (Fsp3) is 0.467. The van der Waals surface area contributed by atoms with E-state index < -0.39 is 0 Å². The first kappa shape index (κ1) is 13.7. The zero-order chi connectivity index (χ0) is 13.8. The molecule has 0 atom stereocenters. The average molecular weight is 259 g/mol. The Bertz CT molecular complexity index is 514. The van der Waals surface area contributed by atoms with E-state index in [2.05, 4.69) is 55.3 Å². The van der Waals surface area contributed by atoms with Crippen LogP contribution < -0.4 is 5.32 Å². The molecule has 2 rings (SSSR count). The van der Waals surface area contributed by atoms with Crippen LogP contribution in [0.15, 0.2) is 28.7 Å². The van der Waals surface area contributed by atoms with Crippen LogP contribution in [0.25, 0.3) is 11.5 Å². The number of aromatic nitrogens is 2. The third-order valence-corrected chi connectivity index (χ3v) is 2.95. The maximum Gasteiger partial charge on any atom is 0.247 e. The summed E-state index contributed by atoms with van der Waals surface area (Å²) in [5, 5.41) is 11.4. The summed E-state index contributed by atoms with van der Waals surface area (Å²) < 4.78 is 5.64. The lowest BCUT2D eigenvalue weighted by atomic mass is 10.0. The van der Waals surface area contributed by atoms with Gasteiger partial charge in [-0.15, -0.1) is 10.2 Å². The van der Waals surface area contributed by atoms with Crippen LogP contribution in [0.2, 0.25) is 0 Å². The topological polar surface area (TPSA) is 51.0 Å².